The summed E-state index contributed by atoms with van der Waals surface area (Å²) in [6.07, 6.45) is -0.198. The first kappa shape index (κ1) is 22.8. The Morgan fingerprint density at radius 1 is 1.13 bits per heavy atom. The predicted molar refractivity (Wildman–Crippen MR) is 121 cm³/mol. The number of halogens is 1. The van der Waals surface area contributed by atoms with Crippen LogP contribution in [0.25, 0.3) is 0 Å². The summed E-state index contributed by atoms with van der Waals surface area (Å²) in [7, 11) is 0. The Kier molecular flexibility index (Phi) is 8.03. The van der Waals surface area contributed by atoms with Crippen LogP contribution in [-0.2, 0) is 22.6 Å². The molecule has 0 fully saturated rings. The number of nitrogens with zero attached hydrogens (tertiary/aromatic N) is 1. The van der Waals surface area contributed by atoms with Gasteiger partial charge in [0.2, 0.25) is 0 Å². The monoisotopic (exact) mass is 458 g/mol. The van der Waals surface area contributed by atoms with Gasteiger partial charge in [0.05, 0.1) is 5.69 Å². The first-order chi connectivity index (χ1) is 14.9. The maximum absolute atomic E-state index is 12.5. The van der Waals surface area contributed by atoms with Crippen LogP contribution < -0.4 is 10.1 Å². The summed E-state index contributed by atoms with van der Waals surface area (Å²) in [6.45, 7) is 3.96. The Balaban J connectivity index is 1.48. The van der Waals surface area contributed by atoms with Crippen LogP contribution in [0.1, 0.15) is 32.9 Å². The quantitative estimate of drug-likeness (QED) is 0.474. The maximum atomic E-state index is 12.5. The first-order valence-electron chi connectivity index (χ1n) is 9.79. The Bertz CT molecular complexity index is 1020. The number of ether oxygens (including phenoxy) is 2. The maximum Gasteiger partial charge on any atom is 0.351 e. The molecular weight excluding hydrogens is 436 g/mol. The van der Waals surface area contributed by atoms with E-state index in [0.29, 0.717) is 39.3 Å². The van der Waals surface area contributed by atoms with Gasteiger partial charge in [0.15, 0.2) is 6.10 Å². The predicted octanol–water partition coefficient (Wildman–Crippen LogP) is 4.59. The number of nitrogens with one attached hydrogen (secondary N) is 1. The molecule has 0 saturated heterocycles. The van der Waals surface area contributed by atoms with Gasteiger partial charge in [-0.2, -0.15) is 0 Å². The Morgan fingerprint density at radius 3 is 2.55 bits per heavy atom. The largest absolute Gasteiger partial charge is 0.486 e. The van der Waals surface area contributed by atoms with Crippen molar-refractivity contribution >= 4 is 34.8 Å². The fourth-order valence-corrected chi connectivity index (χ4v) is 3.75. The minimum Gasteiger partial charge on any atom is -0.486 e. The molecule has 162 valence electrons. The van der Waals surface area contributed by atoms with E-state index in [1.165, 1.54) is 11.3 Å². The van der Waals surface area contributed by atoms with Gasteiger partial charge in [-0.3, -0.25) is 4.79 Å². The lowest BCUT2D eigenvalue weighted by molar-refractivity contribution is -0.129. The van der Waals surface area contributed by atoms with Gasteiger partial charge in [-0.1, -0.05) is 41.9 Å². The van der Waals surface area contributed by atoms with Gasteiger partial charge in [0, 0.05) is 11.6 Å². The number of aryl methyl sites for hydroxylation is 1. The van der Waals surface area contributed by atoms with Crippen molar-refractivity contribution in [3.8, 4) is 5.75 Å². The molecule has 3 rings (SSSR count). The summed E-state index contributed by atoms with van der Waals surface area (Å²) in [5.74, 6) is -0.252. The second kappa shape index (κ2) is 10.9. The number of hydrogen-bond donors (Lipinski definition) is 1. The standard InChI is InChI=1S/C23H23ClN2O4S/c1-15-21(31-20(26-15)14-29-19-10-8-18(24)9-11-19)23(28)30-16(2)22(27)25-13-12-17-6-4-3-5-7-17/h3-11,16H,12-14H2,1-2H3,(H,25,27). The van der Waals surface area contributed by atoms with Crippen molar-refractivity contribution in [1.82, 2.24) is 10.3 Å². The smallest absolute Gasteiger partial charge is 0.351 e. The van der Waals surface area contributed by atoms with E-state index >= 15 is 0 Å². The molecule has 0 spiro atoms. The average molecular weight is 459 g/mol. The van der Waals surface area contributed by atoms with Crippen molar-refractivity contribution in [3.63, 3.8) is 0 Å². The SMILES string of the molecule is Cc1nc(COc2ccc(Cl)cc2)sc1C(=O)OC(C)C(=O)NCCc1ccccc1. The highest BCUT2D eigenvalue weighted by Gasteiger charge is 2.22. The highest BCUT2D eigenvalue weighted by atomic mass is 35.5. The van der Waals surface area contributed by atoms with E-state index in [4.69, 9.17) is 21.1 Å². The molecular formula is C23H23ClN2O4S. The molecule has 0 radical (unpaired) electrons. The molecule has 6 nitrogen and oxygen atoms in total. The second-order valence-electron chi connectivity index (χ2n) is 6.84. The van der Waals surface area contributed by atoms with Crippen LogP contribution in [0.3, 0.4) is 0 Å². The summed E-state index contributed by atoms with van der Waals surface area (Å²) >= 11 is 7.05. The van der Waals surface area contributed by atoms with Gasteiger partial charge >= 0.3 is 5.97 Å². The van der Waals surface area contributed by atoms with Crippen LogP contribution in [-0.4, -0.2) is 29.5 Å². The number of amides is 1. The number of carbonyl (C=O) groups is 2. The van der Waals surface area contributed by atoms with Crippen LogP contribution >= 0.6 is 22.9 Å². The number of esters is 1. The van der Waals surface area contributed by atoms with Gasteiger partial charge in [0.1, 0.15) is 22.2 Å². The van der Waals surface area contributed by atoms with Crippen molar-refractivity contribution in [2.45, 2.75) is 33.0 Å². The molecule has 1 amide bonds. The first-order valence-corrected chi connectivity index (χ1v) is 11.0. The zero-order valence-electron chi connectivity index (χ0n) is 17.3. The van der Waals surface area contributed by atoms with E-state index in [9.17, 15) is 9.59 Å². The normalized spacial score (nSPS) is 11.6. The molecule has 1 unspecified atom stereocenters. The fourth-order valence-electron chi connectivity index (χ4n) is 2.77. The molecule has 0 bridgehead atoms. The molecule has 1 aromatic heterocycles. The lowest BCUT2D eigenvalue weighted by Gasteiger charge is -2.13. The van der Waals surface area contributed by atoms with Crippen molar-refractivity contribution in [2.24, 2.45) is 0 Å². The van der Waals surface area contributed by atoms with Gasteiger partial charge < -0.3 is 14.8 Å². The molecule has 1 N–H and O–H groups in total. The number of thiazole rings is 1. The van der Waals surface area contributed by atoms with Crippen molar-refractivity contribution in [1.29, 1.82) is 0 Å². The molecule has 1 heterocycles. The molecule has 2 aromatic carbocycles. The number of hydrogen-bond acceptors (Lipinski definition) is 6. The van der Waals surface area contributed by atoms with Crippen LogP contribution in [0.5, 0.6) is 5.75 Å². The Hall–Kier alpha value is -2.90. The molecule has 1 atom stereocenters. The van der Waals surface area contributed by atoms with Crippen LogP contribution in [0.15, 0.2) is 54.6 Å². The number of carbonyl (C=O) groups excluding carboxylic acids is 2. The summed E-state index contributed by atoms with van der Waals surface area (Å²) in [4.78, 5) is 29.5. The minimum atomic E-state index is -0.904. The molecule has 8 heteroatoms. The highest BCUT2D eigenvalue weighted by molar-refractivity contribution is 7.13. The molecule has 0 aliphatic carbocycles. The highest BCUT2D eigenvalue weighted by Crippen LogP contribution is 2.22. The molecule has 0 aliphatic rings. The summed E-state index contributed by atoms with van der Waals surface area (Å²) < 4.78 is 11.0. The zero-order valence-corrected chi connectivity index (χ0v) is 18.8. The van der Waals surface area contributed by atoms with E-state index < -0.39 is 12.1 Å². The summed E-state index contributed by atoms with van der Waals surface area (Å²) in [5.41, 5.74) is 1.67. The van der Waals surface area contributed by atoms with Crippen molar-refractivity contribution in [3.05, 3.63) is 80.8 Å². The van der Waals surface area contributed by atoms with E-state index in [1.54, 1.807) is 38.1 Å². The molecule has 0 aliphatic heterocycles. The van der Waals surface area contributed by atoms with Gasteiger partial charge in [-0.05, 0) is 50.1 Å². The zero-order chi connectivity index (χ0) is 22.2. The lowest BCUT2D eigenvalue weighted by Crippen LogP contribution is -2.36. The van der Waals surface area contributed by atoms with E-state index in [2.05, 4.69) is 10.3 Å². The average Bonchev–Trinajstić information content (AvgIpc) is 3.14. The fraction of sp³-hybridized carbons (Fsp3) is 0.261. The van der Waals surface area contributed by atoms with Crippen molar-refractivity contribution in [2.75, 3.05) is 6.54 Å². The summed E-state index contributed by atoms with van der Waals surface area (Å²) in [6, 6.07) is 16.8. The third-order valence-corrected chi connectivity index (χ3v) is 5.77. The van der Waals surface area contributed by atoms with E-state index in [-0.39, 0.29) is 12.5 Å². The number of aromatic nitrogens is 1. The molecule has 31 heavy (non-hydrogen) atoms. The van der Waals surface area contributed by atoms with Crippen LogP contribution in [0, 0.1) is 6.92 Å². The van der Waals surface area contributed by atoms with Crippen LogP contribution in [0.2, 0.25) is 5.02 Å². The molecule has 3 aromatic rings. The lowest BCUT2D eigenvalue weighted by atomic mass is 10.1. The molecule has 0 saturated carbocycles. The van der Waals surface area contributed by atoms with Gasteiger partial charge in [-0.15, -0.1) is 11.3 Å². The van der Waals surface area contributed by atoms with Crippen LogP contribution in [0.4, 0.5) is 0 Å². The number of rotatable bonds is 9. The van der Waals surface area contributed by atoms with Gasteiger partial charge in [0.25, 0.3) is 5.91 Å². The number of benzene rings is 2. The van der Waals surface area contributed by atoms with Gasteiger partial charge in [-0.25, -0.2) is 9.78 Å². The topological polar surface area (TPSA) is 77.5 Å². The second-order valence-corrected chi connectivity index (χ2v) is 8.36. The Morgan fingerprint density at radius 2 is 1.84 bits per heavy atom. The third kappa shape index (κ3) is 6.80. The van der Waals surface area contributed by atoms with Crippen molar-refractivity contribution < 1.29 is 19.1 Å². The third-order valence-electron chi connectivity index (χ3n) is 4.41. The minimum absolute atomic E-state index is 0.218. The van der Waals surface area contributed by atoms with E-state index in [1.807, 2.05) is 30.3 Å². The van der Waals surface area contributed by atoms with E-state index in [0.717, 1.165) is 5.56 Å². The summed E-state index contributed by atoms with van der Waals surface area (Å²) in [5, 5.41) is 4.06. The Labute approximate surface area is 190 Å².